The second-order valence-corrected chi connectivity index (χ2v) is 5.25. The lowest BCUT2D eigenvalue weighted by molar-refractivity contribution is -0.131. The predicted octanol–water partition coefficient (Wildman–Crippen LogP) is 4.15. The molecule has 0 radical (unpaired) electrons. The van der Waals surface area contributed by atoms with Crippen LogP contribution in [0, 0.1) is 0 Å². The van der Waals surface area contributed by atoms with E-state index in [-0.39, 0.29) is 11.2 Å². The maximum absolute atomic E-state index is 11.0. The Kier molecular flexibility index (Phi) is 6.66. The summed E-state index contributed by atoms with van der Waals surface area (Å²) in [5, 5.41) is 1.13. The Bertz CT molecular complexity index is 368. The highest BCUT2D eigenvalue weighted by atomic mass is 79.9. The zero-order chi connectivity index (χ0) is 12.7. The van der Waals surface area contributed by atoms with E-state index < -0.39 is 0 Å². The number of carbonyl (C=O) groups excluding carboxylic acids is 1. The summed E-state index contributed by atoms with van der Waals surface area (Å²) in [5.74, 6) is 0.331. The summed E-state index contributed by atoms with van der Waals surface area (Å²) in [6, 6.07) is 7.57. The van der Waals surface area contributed by atoms with Crippen LogP contribution in [0.1, 0.15) is 37.0 Å². The summed E-state index contributed by atoms with van der Waals surface area (Å²) >= 11 is 7.99. The Labute approximate surface area is 116 Å². The molecule has 0 fully saturated rings. The molecule has 0 aliphatic heterocycles. The molecule has 94 valence electrons. The minimum absolute atomic E-state index is 0.115. The van der Waals surface area contributed by atoms with Gasteiger partial charge in [-0.05, 0) is 18.9 Å². The summed E-state index contributed by atoms with van der Waals surface area (Å²) in [5.41, 5.74) is 0.987. The van der Waals surface area contributed by atoms with Crippen LogP contribution in [0.4, 0.5) is 0 Å². The van der Waals surface area contributed by atoms with Gasteiger partial charge in [0.25, 0.3) is 0 Å². The lowest BCUT2D eigenvalue weighted by Crippen LogP contribution is -2.05. The number of carbonyl (C=O) groups is 1. The molecule has 0 saturated carbocycles. The van der Waals surface area contributed by atoms with Crippen molar-refractivity contribution in [1.29, 1.82) is 0 Å². The molecule has 1 aromatic rings. The number of halogens is 1. The van der Waals surface area contributed by atoms with Crippen LogP contribution in [-0.2, 0) is 4.79 Å². The molecule has 1 aromatic carbocycles. The molecule has 0 bridgehead atoms. The van der Waals surface area contributed by atoms with Crippen molar-refractivity contribution < 1.29 is 9.53 Å². The van der Waals surface area contributed by atoms with Crippen LogP contribution in [0.3, 0.4) is 0 Å². The summed E-state index contributed by atoms with van der Waals surface area (Å²) < 4.78 is 5.18. The van der Waals surface area contributed by atoms with Crippen LogP contribution in [0.2, 0.25) is 0 Å². The number of benzene rings is 1. The van der Waals surface area contributed by atoms with E-state index in [1.807, 2.05) is 24.3 Å². The van der Waals surface area contributed by atoms with Crippen molar-refractivity contribution in [3.63, 3.8) is 0 Å². The summed E-state index contributed by atoms with van der Waals surface area (Å²) in [6.45, 7) is 1.41. The van der Waals surface area contributed by atoms with Crippen molar-refractivity contribution in [3.8, 4) is 5.75 Å². The van der Waals surface area contributed by atoms with E-state index in [9.17, 15) is 4.79 Å². The third-order valence-corrected chi connectivity index (χ3v) is 3.49. The van der Waals surface area contributed by atoms with Crippen molar-refractivity contribution >= 4 is 34.5 Å². The Morgan fingerprint density at radius 2 is 2.12 bits per heavy atom. The average molecular weight is 317 g/mol. The van der Waals surface area contributed by atoms with E-state index in [0.717, 1.165) is 30.2 Å². The fraction of sp³-hybridized carbons (Fsp3) is 0.462. The molecule has 0 saturated heterocycles. The molecule has 1 rings (SSSR count). The number of para-hydroxylation sites is 1. The van der Waals surface area contributed by atoms with Crippen molar-refractivity contribution in [2.45, 2.75) is 31.4 Å². The van der Waals surface area contributed by atoms with Gasteiger partial charge < -0.3 is 4.74 Å². The number of unbranched alkanes of at least 4 members (excludes halogenated alkanes) is 1. The first-order chi connectivity index (χ1) is 8.15. The fourth-order valence-electron chi connectivity index (χ4n) is 1.59. The predicted molar refractivity (Wildman–Crippen MR) is 77.1 cm³/mol. The van der Waals surface area contributed by atoms with Gasteiger partial charge in [0.2, 0.25) is 0 Å². The Hall–Kier alpha value is -0.480. The third-order valence-electron chi connectivity index (χ3n) is 2.39. The molecule has 0 amide bonds. The van der Waals surface area contributed by atoms with E-state index in [1.165, 1.54) is 6.92 Å². The van der Waals surface area contributed by atoms with Crippen molar-refractivity contribution in [1.82, 2.24) is 0 Å². The largest absolute Gasteiger partial charge is 0.426 e. The molecule has 0 spiro atoms. The standard InChI is InChI=1S/C13H17BrO2S/c1-10(15)16-12-7-3-2-6-11(12)13(17)8-4-5-9-14/h2-3,6-7,13,17H,4-5,8-9H2,1H3. The normalized spacial score (nSPS) is 12.2. The number of thiol groups is 1. The number of ether oxygens (including phenoxy) is 1. The first kappa shape index (κ1) is 14.6. The number of alkyl halides is 1. The van der Waals surface area contributed by atoms with Gasteiger partial charge in [-0.3, -0.25) is 4.79 Å². The van der Waals surface area contributed by atoms with E-state index in [1.54, 1.807) is 0 Å². The van der Waals surface area contributed by atoms with Crippen molar-refractivity contribution in [2.24, 2.45) is 0 Å². The number of esters is 1. The number of rotatable bonds is 6. The van der Waals surface area contributed by atoms with Crippen LogP contribution in [0.5, 0.6) is 5.75 Å². The second kappa shape index (κ2) is 7.77. The lowest BCUT2D eigenvalue weighted by Gasteiger charge is -2.14. The molecule has 1 atom stereocenters. The third kappa shape index (κ3) is 5.13. The Balaban J connectivity index is 2.70. The molecule has 0 aromatic heterocycles. The molecule has 17 heavy (non-hydrogen) atoms. The van der Waals surface area contributed by atoms with Gasteiger partial charge in [0.05, 0.1) is 0 Å². The van der Waals surface area contributed by atoms with Gasteiger partial charge >= 0.3 is 5.97 Å². The fourth-order valence-corrected chi connectivity index (χ4v) is 2.38. The topological polar surface area (TPSA) is 26.3 Å². The molecule has 0 aliphatic carbocycles. The van der Waals surface area contributed by atoms with Gasteiger partial charge in [0.15, 0.2) is 0 Å². The average Bonchev–Trinajstić information content (AvgIpc) is 2.29. The van der Waals surface area contributed by atoms with Gasteiger partial charge in [-0.2, -0.15) is 12.6 Å². The highest BCUT2D eigenvalue weighted by Gasteiger charge is 2.12. The van der Waals surface area contributed by atoms with Crippen LogP contribution in [-0.4, -0.2) is 11.3 Å². The minimum atomic E-state index is -0.293. The zero-order valence-corrected chi connectivity index (χ0v) is 12.3. The van der Waals surface area contributed by atoms with Crippen LogP contribution in [0.15, 0.2) is 24.3 Å². The van der Waals surface area contributed by atoms with Gasteiger partial charge in [0.1, 0.15) is 5.75 Å². The van der Waals surface area contributed by atoms with Crippen LogP contribution in [0.25, 0.3) is 0 Å². The molecule has 0 aliphatic rings. The maximum atomic E-state index is 11.0. The molecular weight excluding hydrogens is 300 g/mol. The van der Waals surface area contributed by atoms with Gasteiger partial charge in [-0.1, -0.05) is 40.5 Å². The van der Waals surface area contributed by atoms with E-state index in [0.29, 0.717) is 5.75 Å². The first-order valence-corrected chi connectivity index (χ1v) is 7.30. The molecule has 2 nitrogen and oxygen atoms in total. The van der Waals surface area contributed by atoms with E-state index in [4.69, 9.17) is 4.74 Å². The molecular formula is C13H17BrO2S. The maximum Gasteiger partial charge on any atom is 0.308 e. The minimum Gasteiger partial charge on any atom is -0.426 e. The zero-order valence-electron chi connectivity index (χ0n) is 9.86. The monoisotopic (exact) mass is 316 g/mol. The molecule has 0 N–H and O–H groups in total. The number of hydrogen-bond acceptors (Lipinski definition) is 3. The molecule has 4 heteroatoms. The highest BCUT2D eigenvalue weighted by Crippen LogP contribution is 2.33. The van der Waals surface area contributed by atoms with Gasteiger partial charge in [-0.15, -0.1) is 0 Å². The SMILES string of the molecule is CC(=O)Oc1ccccc1C(S)CCCCBr. The van der Waals surface area contributed by atoms with E-state index in [2.05, 4.69) is 28.6 Å². The first-order valence-electron chi connectivity index (χ1n) is 5.66. The highest BCUT2D eigenvalue weighted by molar-refractivity contribution is 9.09. The summed E-state index contributed by atoms with van der Waals surface area (Å²) in [4.78, 5) is 11.0. The van der Waals surface area contributed by atoms with E-state index >= 15 is 0 Å². The Morgan fingerprint density at radius 3 is 2.76 bits per heavy atom. The second-order valence-electron chi connectivity index (χ2n) is 3.83. The summed E-state index contributed by atoms with van der Waals surface area (Å²) in [7, 11) is 0. The molecule has 1 unspecified atom stereocenters. The van der Waals surface area contributed by atoms with Crippen LogP contribution < -0.4 is 4.74 Å². The van der Waals surface area contributed by atoms with Crippen LogP contribution >= 0.6 is 28.6 Å². The van der Waals surface area contributed by atoms with Gasteiger partial charge in [-0.25, -0.2) is 0 Å². The number of hydrogen-bond donors (Lipinski definition) is 1. The quantitative estimate of drug-likeness (QED) is 0.280. The van der Waals surface area contributed by atoms with Gasteiger partial charge in [0, 0.05) is 23.1 Å². The smallest absolute Gasteiger partial charge is 0.308 e. The van der Waals surface area contributed by atoms with Crippen molar-refractivity contribution in [3.05, 3.63) is 29.8 Å². The molecule has 0 heterocycles. The lowest BCUT2D eigenvalue weighted by atomic mass is 10.1. The Morgan fingerprint density at radius 1 is 1.41 bits per heavy atom. The van der Waals surface area contributed by atoms with Crippen molar-refractivity contribution in [2.75, 3.05) is 5.33 Å². The summed E-state index contributed by atoms with van der Waals surface area (Å²) in [6.07, 6.45) is 3.22.